The molecule has 160 valence electrons. The lowest BCUT2D eigenvalue weighted by atomic mass is 10.1. The Bertz CT molecular complexity index is 1290. The van der Waals surface area contributed by atoms with E-state index in [1.54, 1.807) is 18.2 Å². The summed E-state index contributed by atoms with van der Waals surface area (Å²) in [6, 6.07) is 23.6. The molecule has 1 heterocycles. The van der Waals surface area contributed by atoms with Crippen LogP contribution in [0.3, 0.4) is 0 Å². The smallest absolute Gasteiger partial charge is 0.364 e. The molecule has 0 aliphatic rings. The summed E-state index contributed by atoms with van der Waals surface area (Å²) in [5.41, 5.74) is 1.73. The summed E-state index contributed by atoms with van der Waals surface area (Å²) < 4.78 is 12.0. The summed E-state index contributed by atoms with van der Waals surface area (Å²) in [5, 5.41) is 10.7. The maximum absolute atomic E-state index is 12.4. The van der Waals surface area contributed by atoms with Crippen LogP contribution < -0.4 is 15.2 Å². The normalized spacial score (nSPS) is 10.9. The minimum Gasteiger partial charge on any atom is -0.493 e. The Labute approximate surface area is 183 Å². The van der Waals surface area contributed by atoms with Crippen molar-refractivity contribution in [3.8, 4) is 22.9 Å². The van der Waals surface area contributed by atoms with Gasteiger partial charge in [-0.2, -0.15) is 14.9 Å². The largest absolute Gasteiger partial charge is 0.493 e. The van der Waals surface area contributed by atoms with Crippen LogP contribution >= 0.6 is 0 Å². The molecular formula is C24H20N4O4. The van der Waals surface area contributed by atoms with Crippen molar-refractivity contribution in [1.29, 1.82) is 0 Å². The van der Waals surface area contributed by atoms with Crippen molar-refractivity contribution in [3.63, 3.8) is 0 Å². The van der Waals surface area contributed by atoms with Gasteiger partial charge in [-0.25, -0.2) is 9.89 Å². The van der Waals surface area contributed by atoms with Gasteiger partial charge in [0.05, 0.1) is 19.7 Å². The Morgan fingerprint density at radius 1 is 1.03 bits per heavy atom. The van der Waals surface area contributed by atoms with E-state index in [1.807, 2.05) is 60.7 Å². The summed E-state index contributed by atoms with van der Waals surface area (Å²) in [7, 11) is 1.49. The molecule has 32 heavy (non-hydrogen) atoms. The first-order valence-corrected chi connectivity index (χ1v) is 9.84. The van der Waals surface area contributed by atoms with E-state index in [1.165, 1.54) is 18.0 Å². The molecule has 0 saturated carbocycles. The number of nitrogens with one attached hydrogen (secondary N) is 1. The number of carbonyl (C=O) groups excluding carboxylic acids is 1. The molecule has 1 N–H and O–H groups in total. The maximum Gasteiger partial charge on any atom is 0.364 e. The lowest BCUT2D eigenvalue weighted by Crippen LogP contribution is -2.14. The summed E-state index contributed by atoms with van der Waals surface area (Å²) >= 11 is 0. The highest BCUT2D eigenvalue weighted by Crippen LogP contribution is 2.28. The fourth-order valence-corrected chi connectivity index (χ4v) is 3.07. The predicted molar refractivity (Wildman–Crippen MR) is 120 cm³/mol. The van der Waals surface area contributed by atoms with Crippen molar-refractivity contribution in [3.05, 3.63) is 100 Å². The molecule has 8 nitrogen and oxygen atoms in total. The second kappa shape index (κ2) is 9.57. The van der Waals surface area contributed by atoms with Gasteiger partial charge in [0.25, 0.3) is 0 Å². The highest BCUT2D eigenvalue weighted by molar-refractivity contribution is 5.82. The van der Waals surface area contributed by atoms with E-state index in [0.717, 1.165) is 11.1 Å². The number of methoxy groups -OCH3 is 1. The predicted octanol–water partition coefficient (Wildman–Crippen LogP) is 3.28. The number of esters is 1. The lowest BCUT2D eigenvalue weighted by Gasteiger charge is -2.10. The van der Waals surface area contributed by atoms with Gasteiger partial charge in [0.15, 0.2) is 17.3 Å². The van der Waals surface area contributed by atoms with Gasteiger partial charge in [-0.3, -0.25) is 4.79 Å². The molecule has 0 amide bonds. The van der Waals surface area contributed by atoms with Crippen LogP contribution in [0.5, 0.6) is 11.5 Å². The summed E-state index contributed by atoms with van der Waals surface area (Å²) in [6.45, 7) is 0. The van der Waals surface area contributed by atoms with Crippen molar-refractivity contribution in [1.82, 2.24) is 14.9 Å². The van der Waals surface area contributed by atoms with Crippen LogP contribution in [0.4, 0.5) is 0 Å². The van der Waals surface area contributed by atoms with Gasteiger partial charge in [-0.15, -0.1) is 0 Å². The lowest BCUT2D eigenvalue weighted by molar-refractivity contribution is -0.133. The molecule has 0 bridgehead atoms. The van der Waals surface area contributed by atoms with Crippen LogP contribution in [0.15, 0.2) is 88.8 Å². The van der Waals surface area contributed by atoms with Crippen molar-refractivity contribution in [2.45, 2.75) is 6.42 Å². The van der Waals surface area contributed by atoms with Crippen molar-refractivity contribution in [2.75, 3.05) is 7.11 Å². The molecule has 4 aromatic rings. The molecule has 0 radical (unpaired) electrons. The first kappa shape index (κ1) is 20.8. The van der Waals surface area contributed by atoms with Gasteiger partial charge < -0.3 is 9.47 Å². The van der Waals surface area contributed by atoms with E-state index in [0.29, 0.717) is 17.1 Å². The van der Waals surface area contributed by atoms with Gasteiger partial charge in [0.2, 0.25) is 0 Å². The number of rotatable bonds is 7. The highest BCUT2D eigenvalue weighted by Gasteiger charge is 2.12. The van der Waals surface area contributed by atoms with E-state index in [-0.39, 0.29) is 12.2 Å². The minimum atomic E-state index is -0.469. The molecule has 0 spiro atoms. The molecule has 0 aliphatic heterocycles. The number of aromatic nitrogens is 3. The van der Waals surface area contributed by atoms with Gasteiger partial charge in [-0.05, 0) is 29.3 Å². The number of benzene rings is 3. The number of aromatic amines is 1. The monoisotopic (exact) mass is 428 g/mol. The number of ether oxygens (including phenoxy) is 2. The Balaban J connectivity index is 1.57. The Hall–Kier alpha value is -4.46. The van der Waals surface area contributed by atoms with Gasteiger partial charge in [-0.1, -0.05) is 60.7 Å². The molecule has 0 unspecified atom stereocenters. The van der Waals surface area contributed by atoms with Crippen LogP contribution in [0.1, 0.15) is 11.1 Å². The standard InChI is InChI=1S/C24H20N4O4/c1-31-20-13-12-18(14-21(20)32-22(29)15-17-8-4-2-5-9-17)16-25-28-23(26-27-24(28)30)19-10-6-3-7-11-19/h2-14,16H,15H2,1H3,(H,27,30)/b25-16+. The number of hydrogen-bond acceptors (Lipinski definition) is 6. The fourth-order valence-electron chi connectivity index (χ4n) is 3.07. The van der Waals surface area contributed by atoms with Crippen LogP contribution in [-0.2, 0) is 11.2 Å². The quantitative estimate of drug-likeness (QED) is 0.277. The highest BCUT2D eigenvalue weighted by atomic mass is 16.6. The van der Waals surface area contributed by atoms with Crippen LogP contribution in [0.25, 0.3) is 11.4 Å². The van der Waals surface area contributed by atoms with Crippen LogP contribution in [0, 0.1) is 0 Å². The molecular weight excluding hydrogens is 408 g/mol. The average Bonchev–Trinajstić information content (AvgIpc) is 3.19. The zero-order chi connectivity index (χ0) is 22.3. The van der Waals surface area contributed by atoms with Crippen LogP contribution in [0.2, 0.25) is 0 Å². The van der Waals surface area contributed by atoms with Gasteiger partial charge >= 0.3 is 11.7 Å². The average molecular weight is 428 g/mol. The summed E-state index contributed by atoms with van der Waals surface area (Å²) in [4.78, 5) is 24.5. The maximum atomic E-state index is 12.4. The first-order valence-electron chi connectivity index (χ1n) is 9.84. The molecule has 1 aromatic heterocycles. The van der Waals surface area contributed by atoms with Gasteiger partial charge in [0.1, 0.15) is 0 Å². The topological polar surface area (TPSA) is 98.6 Å². The van der Waals surface area contributed by atoms with E-state index in [4.69, 9.17) is 9.47 Å². The number of nitrogens with zero attached hydrogens (tertiary/aromatic N) is 3. The molecule has 0 fully saturated rings. The second-order valence-electron chi connectivity index (χ2n) is 6.82. The molecule has 0 saturated heterocycles. The SMILES string of the molecule is COc1ccc(/C=N/n2c(-c3ccccc3)n[nH]c2=O)cc1OC(=O)Cc1ccccc1. The molecule has 4 rings (SSSR count). The molecule has 8 heteroatoms. The molecule has 3 aromatic carbocycles. The van der Waals surface area contributed by atoms with E-state index >= 15 is 0 Å². The number of carbonyl (C=O) groups is 1. The minimum absolute atomic E-state index is 0.132. The number of H-pyrrole nitrogens is 1. The zero-order valence-electron chi connectivity index (χ0n) is 17.3. The third-order valence-electron chi connectivity index (χ3n) is 4.61. The van der Waals surface area contributed by atoms with Crippen molar-refractivity contribution >= 4 is 12.2 Å². The third kappa shape index (κ3) is 4.81. The third-order valence-corrected chi connectivity index (χ3v) is 4.61. The summed E-state index contributed by atoms with van der Waals surface area (Å²) in [6.07, 6.45) is 1.62. The van der Waals surface area contributed by atoms with Crippen molar-refractivity contribution in [2.24, 2.45) is 5.10 Å². The number of hydrogen-bond donors (Lipinski definition) is 1. The summed E-state index contributed by atoms with van der Waals surface area (Å²) in [5.74, 6) is 0.644. The van der Waals surface area contributed by atoms with E-state index in [9.17, 15) is 9.59 Å². The molecule has 0 atom stereocenters. The van der Waals surface area contributed by atoms with E-state index < -0.39 is 11.7 Å². The first-order chi connectivity index (χ1) is 15.6. The zero-order valence-corrected chi connectivity index (χ0v) is 17.3. The fraction of sp³-hybridized carbons (Fsp3) is 0.0833. The van der Waals surface area contributed by atoms with E-state index in [2.05, 4.69) is 15.3 Å². The Morgan fingerprint density at radius 3 is 2.47 bits per heavy atom. The second-order valence-corrected chi connectivity index (χ2v) is 6.82. The Morgan fingerprint density at radius 2 is 1.75 bits per heavy atom. The van der Waals surface area contributed by atoms with Gasteiger partial charge in [0, 0.05) is 5.56 Å². The van der Waals surface area contributed by atoms with Crippen molar-refractivity contribution < 1.29 is 14.3 Å². The molecule has 0 aliphatic carbocycles. The Kier molecular flexibility index (Phi) is 6.22. The van der Waals surface area contributed by atoms with Crippen LogP contribution in [-0.4, -0.2) is 34.2 Å².